The Labute approximate surface area is 113 Å². The third-order valence-electron chi connectivity index (χ3n) is 3.24. The van der Waals surface area contributed by atoms with E-state index in [-0.39, 0.29) is 6.04 Å². The Balaban J connectivity index is 2.15. The van der Waals surface area contributed by atoms with E-state index in [0.717, 1.165) is 12.8 Å². The number of aromatic nitrogens is 1. The fourth-order valence-corrected chi connectivity index (χ4v) is 2.07. The Morgan fingerprint density at radius 2 is 1.84 bits per heavy atom. The Morgan fingerprint density at radius 3 is 2.42 bits per heavy atom. The van der Waals surface area contributed by atoms with Gasteiger partial charge >= 0.3 is 0 Å². The molecular formula is C16H19FN2. The summed E-state index contributed by atoms with van der Waals surface area (Å²) in [6, 6.07) is 13.5. The normalized spacial score (nSPS) is 12.2. The molecule has 3 heteroatoms. The number of nitrogens with one attached hydrogen (secondary N) is 1. The van der Waals surface area contributed by atoms with Crippen molar-refractivity contribution < 1.29 is 4.39 Å². The van der Waals surface area contributed by atoms with Crippen molar-refractivity contribution in [3.8, 4) is 0 Å². The van der Waals surface area contributed by atoms with E-state index in [0.29, 0.717) is 5.82 Å². The lowest BCUT2D eigenvalue weighted by Gasteiger charge is -2.18. The van der Waals surface area contributed by atoms with E-state index in [1.54, 1.807) is 12.1 Å². The second-order valence-corrected chi connectivity index (χ2v) is 4.55. The van der Waals surface area contributed by atoms with Crippen LogP contribution in [0.1, 0.15) is 37.4 Å². The first-order valence-electron chi connectivity index (χ1n) is 6.70. The third-order valence-corrected chi connectivity index (χ3v) is 3.24. The molecule has 2 aromatic rings. The fourth-order valence-electron chi connectivity index (χ4n) is 2.07. The van der Waals surface area contributed by atoms with Gasteiger partial charge in [-0.1, -0.05) is 44.2 Å². The van der Waals surface area contributed by atoms with Gasteiger partial charge in [-0.05, 0) is 36.1 Å². The maximum Gasteiger partial charge on any atom is 0.214 e. The molecule has 0 aliphatic carbocycles. The van der Waals surface area contributed by atoms with E-state index in [2.05, 4.69) is 48.4 Å². The van der Waals surface area contributed by atoms with Crippen LogP contribution >= 0.6 is 0 Å². The Kier molecular flexibility index (Phi) is 4.50. The number of hydrogen-bond acceptors (Lipinski definition) is 2. The molecule has 0 saturated heterocycles. The number of hydrogen-bond donors (Lipinski definition) is 1. The van der Waals surface area contributed by atoms with Gasteiger partial charge in [0.05, 0.1) is 6.04 Å². The first-order chi connectivity index (χ1) is 9.22. The van der Waals surface area contributed by atoms with Gasteiger partial charge in [0.15, 0.2) is 0 Å². The van der Waals surface area contributed by atoms with E-state index in [1.165, 1.54) is 17.2 Å². The highest BCUT2D eigenvalue weighted by Crippen LogP contribution is 2.22. The van der Waals surface area contributed by atoms with Crippen molar-refractivity contribution in [1.82, 2.24) is 4.98 Å². The molecule has 19 heavy (non-hydrogen) atoms. The minimum atomic E-state index is -0.457. The lowest BCUT2D eigenvalue weighted by Crippen LogP contribution is -2.11. The van der Waals surface area contributed by atoms with Crippen molar-refractivity contribution in [2.24, 2.45) is 0 Å². The molecular weight excluding hydrogens is 239 g/mol. The largest absolute Gasteiger partial charge is 0.363 e. The molecule has 1 N–H and O–H groups in total. The van der Waals surface area contributed by atoms with Crippen LogP contribution in [0.15, 0.2) is 42.5 Å². The first-order valence-corrected chi connectivity index (χ1v) is 6.70. The molecule has 0 saturated carbocycles. The molecule has 2 nitrogen and oxygen atoms in total. The Hall–Kier alpha value is -1.90. The lowest BCUT2D eigenvalue weighted by molar-refractivity contribution is 0.583. The average molecular weight is 258 g/mol. The number of halogens is 1. The van der Waals surface area contributed by atoms with Gasteiger partial charge < -0.3 is 5.32 Å². The third kappa shape index (κ3) is 3.53. The topological polar surface area (TPSA) is 24.9 Å². The van der Waals surface area contributed by atoms with Crippen molar-refractivity contribution in [3.63, 3.8) is 0 Å². The number of benzene rings is 1. The quantitative estimate of drug-likeness (QED) is 0.807. The number of rotatable bonds is 5. The molecule has 0 radical (unpaired) electrons. The van der Waals surface area contributed by atoms with E-state index in [1.807, 2.05) is 0 Å². The number of aryl methyl sites for hydroxylation is 1. The number of anilines is 1. The summed E-state index contributed by atoms with van der Waals surface area (Å²) < 4.78 is 13.1. The van der Waals surface area contributed by atoms with Crippen molar-refractivity contribution in [2.45, 2.75) is 32.7 Å². The standard InChI is InChI=1S/C16H19FN2/c1-3-12-8-10-13(11-9-12)14(4-2)18-16-7-5-6-15(17)19-16/h5-11,14H,3-4H2,1-2H3,(H,18,19). The summed E-state index contributed by atoms with van der Waals surface area (Å²) in [5.74, 6) is 0.118. The van der Waals surface area contributed by atoms with Crippen LogP contribution in [0.3, 0.4) is 0 Å². The van der Waals surface area contributed by atoms with Crippen molar-refractivity contribution >= 4 is 5.82 Å². The van der Waals surface area contributed by atoms with Crippen LogP contribution in [0.25, 0.3) is 0 Å². The highest BCUT2D eigenvalue weighted by molar-refractivity contribution is 5.38. The van der Waals surface area contributed by atoms with Gasteiger partial charge in [0, 0.05) is 0 Å². The van der Waals surface area contributed by atoms with Crippen molar-refractivity contribution in [2.75, 3.05) is 5.32 Å². The van der Waals surface area contributed by atoms with Gasteiger partial charge in [-0.2, -0.15) is 4.39 Å². The zero-order valence-corrected chi connectivity index (χ0v) is 11.4. The van der Waals surface area contributed by atoms with Gasteiger partial charge in [-0.25, -0.2) is 4.98 Å². The molecule has 1 heterocycles. The minimum absolute atomic E-state index is 0.153. The Bertz CT molecular complexity index is 523. The molecule has 0 fully saturated rings. The molecule has 0 amide bonds. The number of nitrogens with zero attached hydrogens (tertiary/aromatic N) is 1. The molecule has 1 atom stereocenters. The predicted molar refractivity (Wildman–Crippen MR) is 76.7 cm³/mol. The van der Waals surface area contributed by atoms with Crippen LogP contribution in [-0.4, -0.2) is 4.98 Å². The highest BCUT2D eigenvalue weighted by atomic mass is 19.1. The first kappa shape index (κ1) is 13.5. The lowest BCUT2D eigenvalue weighted by atomic mass is 10.0. The van der Waals surface area contributed by atoms with E-state index in [9.17, 15) is 4.39 Å². The van der Waals surface area contributed by atoms with Crippen LogP contribution in [0.2, 0.25) is 0 Å². The maximum absolute atomic E-state index is 13.1. The molecule has 1 unspecified atom stereocenters. The zero-order valence-electron chi connectivity index (χ0n) is 11.4. The molecule has 100 valence electrons. The van der Waals surface area contributed by atoms with Crippen LogP contribution in [-0.2, 0) is 6.42 Å². The molecule has 0 aliphatic rings. The molecule has 1 aromatic heterocycles. The highest BCUT2D eigenvalue weighted by Gasteiger charge is 2.09. The summed E-state index contributed by atoms with van der Waals surface area (Å²) in [6.45, 7) is 4.24. The van der Waals surface area contributed by atoms with Gasteiger partial charge in [0.25, 0.3) is 0 Å². The monoisotopic (exact) mass is 258 g/mol. The van der Waals surface area contributed by atoms with Crippen LogP contribution in [0.4, 0.5) is 10.2 Å². The fraction of sp³-hybridized carbons (Fsp3) is 0.312. The van der Waals surface area contributed by atoms with E-state index >= 15 is 0 Å². The molecule has 2 rings (SSSR count). The smallest absolute Gasteiger partial charge is 0.214 e. The van der Waals surface area contributed by atoms with Gasteiger partial charge in [0.1, 0.15) is 5.82 Å². The van der Waals surface area contributed by atoms with Crippen LogP contribution in [0, 0.1) is 5.95 Å². The second kappa shape index (κ2) is 6.32. The summed E-state index contributed by atoms with van der Waals surface area (Å²) in [6.07, 6.45) is 1.96. The van der Waals surface area contributed by atoms with Crippen LogP contribution in [0.5, 0.6) is 0 Å². The summed E-state index contributed by atoms with van der Waals surface area (Å²) in [5.41, 5.74) is 2.52. The van der Waals surface area contributed by atoms with E-state index < -0.39 is 5.95 Å². The molecule has 0 bridgehead atoms. The van der Waals surface area contributed by atoms with Gasteiger partial charge in [-0.3, -0.25) is 0 Å². The summed E-state index contributed by atoms with van der Waals surface area (Å²) in [7, 11) is 0. The average Bonchev–Trinajstić information content (AvgIpc) is 2.45. The molecule has 0 aliphatic heterocycles. The summed E-state index contributed by atoms with van der Waals surface area (Å²) >= 11 is 0. The molecule has 1 aromatic carbocycles. The van der Waals surface area contributed by atoms with Crippen molar-refractivity contribution in [3.05, 3.63) is 59.5 Å². The Morgan fingerprint density at radius 1 is 1.11 bits per heavy atom. The minimum Gasteiger partial charge on any atom is -0.363 e. The van der Waals surface area contributed by atoms with Crippen LogP contribution < -0.4 is 5.32 Å². The molecule has 0 spiro atoms. The van der Waals surface area contributed by atoms with Gasteiger partial charge in [-0.15, -0.1) is 0 Å². The van der Waals surface area contributed by atoms with Gasteiger partial charge in [0.2, 0.25) is 5.95 Å². The predicted octanol–water partition coefficient (Wildman–Crippen LogP) is 4.35. The second-order valence-electron chi connectivity index (χ2n) is 4.55. The maximum atomic E-state index is 13.1. The zero-order chi connectivity index (χ0) is 13.7. The number of pyridine rings is 1. The summed E-state index contributed by atoms with van der Waals surface area (Å²) in [4.78, 5) is 3.84. The summed E-state index contributed by atoms with van der Waals surface area (Å²) in [5, 5.41) is 3.27. The SMILES string of the molecule is CCc1ccc(C(CC)Nc2cccc(F)n2)cc1. The van der Waals surface area contributed by atoms with E-state index in [4.69, 9.17) is 0 Å². The van der Waals surface area contributed by atoms with Crippen molar-refractivity contribution in [1.29, 1.82) is 0 Å².